The predicted molar refractivity (Wildman–Crippen MR) is 127 cm³/mol. The first kappa shape index (κ1) is 22.1. The smallest absolute Gasteiger partial charge is 0.151 e. The molecule has 0 aliphatic carbocycles. The molecule has 2 aromatic rings. The van der Waals surface area contributed by atoms with E-state index < -0.39 is 16.5 Å². The van der Waals surface area contributed by atoms with Gasteiger partial charge >= 0.3 is 0 Å². The highest BCUT2D eigenvalue weighted by atomic mass is 28.4. The zero-order chi connectivity index (χ0) is 19.6. The van der Waals surface area contributed by atoms with Crippen molar-refractivity contribution in [3.63, 3.8) is 0 Å². The molecular weight excluding hydrogens is 358 g/mol. The van der Waals surface area contributed by atoms with E-state index >= 15 is 0 Å². The molecule has 0 unspecified atom stereocenters. The molecule has 148 valence electrons. The van der Waals surface area contributed by atoms with Gasteiger partial charge in [-0.1, -0.05) is 114 Å². The van der Waals surface area contributed by atoms with Crippen molar-refractivity contribution in [3.8, 4) is 0 Å². The van der Waals surface area contributed by atoms with Gasteiger partial charge in [0.25, 0.3) is 0 Å². The molecule has 0 aliphatic rings. The zero-order valence-electron chi connectivity index (χ0n) is 17.9. The summed E-state index contributed by atoms with van der Waals surface area (Å²) in [7, 11) is -3.51. The van der Waals surface area contributed by atoms with E-state index in [4.69, 9.17) is 0 Å². The van der Waals surface area contributed by atoms with Crippen LogP contribution in [0.5, 0.6) is 0 Å². The van der Waals surface area contributed by atoms with Crippen molar-refractivity contribution in [2.24, 2.45) is 0 Å². The topological polar surface area (TPSA) is 12.0 Å². The maximum absolute atomic E-state index is 4.60. The quantitative estimate of drug-likeness (QED) is 0.438. The Kier molecular flexibility index (Phi) is 9.00. The molecular formula is C24H39NSi2. The lowest BCUT2D eigenvalue weighted by atomic mass is 10.4. The summed E-state index contributed by atoms with van der Waals surface area (Å²) in [6, 6.07) is 28.3. The third kappa shape index (κ3) is 5.43. The fraction of sp³-hybridized carbons (Fsp3) is 0.500. The largest absolute Gasteiger partial charge is 0.352 e. The lowest BCUT2D eigenvalue weighted by Gasteiger charge is -2.44. The molecule has 27 heavy (non-hydrogen) atoms. The highest BCUT2D eigenvalue weighted by molar-refractivity contribution is 7.04. The minimum Gasteiger partial charge on any atom is -0.352 e. The van der Waals surface area contributed by atoms with Crippen molar-refractivity contribution in [1.82, 2.24) is 4.65 Å². The average molecular weight is 398 g/mol. The number of hydrogen-bond acceptors (Lipinski definition) is 1. The molecule has 0 saturated carbocycles. The fourth-order valence-electron chi connectivity index (χ4n) is 4.90. The second kappa shape index (κ2) is 11.0. The molecule has 0 radical (unpaired) electrons. The van der Waals surface area contributed by atoms with E-state index in [1.165, 1.54) is 49.9 Å². The lowest BCUT2D eigenvalue weighted by Crippen LogP contribution is -2.74. The monoisotopic (exact) mass is 397 g/mol. The van der Waals surface area contributed by atoms with E-state index in [0.717, 1.165) is 0 Å². The summed E-state index contributed by atoms with van der Waals surface area (Å²) in [6.07, 6.45) is 5.08. The number of rotatable bonds is 12. The Labute approximate surface area is 169 Å². The summed E-state index contributed by atoms with van der Waals surface area (Å²) < 4.78 is 4.60. The first-order valence-corrected chi connectivity index (χ1v) is 15.9. The minimum absolute atomic E-state index is 1.27. The Bertz CT molecular complexity index is 572. The third-order valence-electron chi connectivity index (χ3n) is 5.84. The van der Waals surface area contributed by atoms with Crippen molar-refractivity contribution >= 4 is 26.8 Å². The van der Waals surface area contributed by atoms with Gasteiger partial charge in [-0.3, -0.25) is 0 Å². The van der Waals surface area contributed by atoms with Crippen LogP contribution in [0.1, 0.15) is 53.4 Å². The van der Waals surface area contributed by atoms with Crippen LogP contribution in [0.3, 0.4) is 0 Å². The van der Waals surface area contributed by atoms with Gasteiger partial charge in [-0.15, -0.1) is 0 Å². The average Bonchev–Trinajstić information content (AvgIpc) is 2.70. The van der Waals surface area contributed by atoms with Crippen molar-refractivity contribution in [2.45, 2.75) is 77.6 Å². The van der Waals surface area contributed by atoms with Gasteiger partial charge in [0.05, 0.1) is 0 Å². The summed E-state index contributed by atoms with van der Waals surface area (Å²) in [5.74, 6) is 0. The molecule has 0 fully saturated rings. The molecule has 2 aromatic carbocycles. The highest BCUT2D eigenvalue weighted by Crippen LogP contribution is 2.25. The molecule has 0 saturated heterocycles. The van der Waals surface area contributed by atoms with Crippen molar-refractivity contribution in [1.29, 1.82) is 0 Å². The summed E-state index contributed by atoms with van der Waals surface area (Å²) in [5, 5.41) is 3.24. The van der Waals surface area contributed by atoms with Crippen LogP contribution < -0.4 is 15.0 Å². The van der Waals surface area contributed by atoms with E-state index in [9.17, 15) is 0 Å². The van der Waals surface area contributed by atoms with Crippen LogP contribution in [-0.2, 0) is 0 Å². The van der Waals surface area contributed by atoms with Gasteiger partial charge in [-0.05, 0) is 34.5 Å². The maximum Gasteiger partial charge on any atom is 0.151 e. The number of benzene rings is 2. The molecule has 3 heteroatoms. The first-order chi connectivity index (χ1) is 13.2. The van der Waals surface area contributed by atoms with E-state index in [0.29, 0.717) is 0 Å². The summed E-state index contributed by atoms with van der Waals surface area (Å²) in [5.41, 5.74) is 0. The van der Waals surface area contributed by atoms with Crippen LogP contribution in [0.4, 0.5) is 0 Å². The van der Waals surface area contributed by atoms with Gasteiger partial charge in [-0.25, -0.2) is 0 Å². The zero-order valence-corrected chi connectivity index (χ0v) is 19.9. The van der Waals surface area contributed by atoms with Crippen molar-refractivity contribution in [3.05, 3.63) is 60.7 Å². The predicted octanol–water partition coefficient (Wildman–Crippen LogP) is 5.92. The Morgan fingerprint density at radius 2 is 0.815 bits per heavy atom. The SMILES string of the molecule is CCC[Si](CCC)(N[Si](CCC)(CCC)c1ccccc1)c1ccccc1. The number of nitrogens with one attached hydrogen (secondary N) is 1. The van der Waals surface area contributed by atoms with Crippen molar-refractivity contribution in [2.75, 3.05) is 0 Å². The molecule has 2 rings (SSSR count). The van der Waals surface area contributed by atoms with Crippen LogP contribution >= 0.6 is 0 Å². The standard InChI is InChI=1S/C24H39NSi2/c1-5-19-26(20-6-2,23-15-11-9-12-16-23)25-27(21-7-3,22-8-4)24-17-13-10-14-18-24/h9-18,25H,5-8,19-22H2,1-4H3. The van der Waals surface area contributed by atoms with Crippen LogP contribution in [0.2, 0.25) is 24.2 Å². The van der Waals surface area contributed by atoms with Gasteiger partial charge in [-0.2, -0.15) is 0 Å². The third-order valence-corrected chi connectivity index (χ3v) is 18.0. The Balaban J connectivity index is 2.57. The first-order valence-electron chi connectivity index (χ1n) is 11.1. The van der Waals surface area contributed by atoms with Crippen LogP contribution in [-0.4, -0.2) is 16.5 Å². The Morgan fingerprint density at radius 3 is 1.07 bits per heavy atom. The lowest BCUT2D eigenvalue weighted by molar-refractivity contribution is 0.926. The Morgan fingerprint density at radius 1 is 0.519 bits per heavy atom. The van der Waals surface area contributed by atoms with E-state index in [-0.39, 0.29) is 0 Å². The van der Waals surface area contributed by atoms with Crippen LogP contribution in [0, 0.1) is 0 Å². The second-order valence-corrected chi connectivity index (χ2v) is 16.5. The Hall–Kier alpha value is -1.17. The molecule has 1 N–H and O–H groups in total. The van der Waals surface area contributed by atoms with Gasteiger partial charge in [0, 0.05) is 0 Å². The second-order valence-electron chi connectivity index (χ2n) is 8.02. The van der Waals surface area contributed by atoms with Gasteiger partial charge < -0.3 is 4.65 Å². The molecule has 0 aromatic heterocycles. The maximum atomic E-state index is 4.60. The molecule has 0 bridgehead atoms. The van der Waals surface area contributed by atoms with E-state index in [1.54, 1.807) is 10.4 Å². The summed E-state index contributed by atoms with van der Waals surface area (Å²) in [6.45, 7) is 9.47. The molecule has 0 spiro atoms. The van der Waals surface area contributed by atoms with Gasteiger partial charge in [0.2, 0.25) is 0 Å². The summed E-state index contributed by atoms with van der Waals surface area (Å²) >= 11 is 0. The van der Waals surface area contributed by atoms with E-state index in [1.807, 2.05) is 0 Å². The minimum atomic E-state index is -1.75. The highest BCUT2D eigenvalue weighted by Gasteiger charge is 2.44. The molecule has 0 heterocycles. The summed E-state index contributed by atoms with van der Waals surface area (Å²) in [4.78, 5) is 0. The van der Waals surface area contributed by atoms with Crippen molar-refractivity contribution < 1.29 is 0 Å². The molecule has 0 aliphatic heterocycles. The molecule has 1 nitrogen and oxygen atoms in total. The molecule has 0 atom stereocenters. The fourth-order valence-corrected chi connectivity index (χ4v) is 18.5. The van der Waals surface area contributed by atoms with Crippen LogP contribution in [0.15, 0.2) is 60.7 Å². The van der Waals surface area contributed by atoms with E-state index in [2.05, 4.69) is 93.0 Å². The molecule has 0 amide bonds. The van der Waals surface area contributed by atoms with Gasteiger partial charge in [0.15, 0.2) is 16.5 Å². The van der Waals surface area contributed by atoms with Gasteiger partial charge in [0.1, 0.15) is 0 Å². The van der Waals surface area contributed by atoms with Crippen LogP contribution in [0.25, 0.3) is 0 Å². The number of hydrogen-bond donors (Lipinski definition) is 1. The normalized spacial score (nSPS) is 12.3.